The molecule has 4 rings (SSSR count). The molecule has 2 aromatic rings. The van der Waals surface area contributed by atoms with Gasteiger partial charge in [-0.3, -0.25) is 4.90 Å². The van der Waals surface area contributed by atoms with Gasteiger partial charge in [0.2, 0.25) is 0 Å². The van der Waals surface area contributed by atoms with Crippen molar-refractivity contribution in [3.8, 4) is 0 Å². The first-order chi connectivity index (χ1) is 13.6. The second-order valence-electron chi connectivity index (χ2n) is 8.65. The lowest BCUT2D eigenvalue weighted by molar-refractivity contribution is 0.252. The van der Waals surface area contributed by atoms with Gasteiger partial charge in [-0.05, 0) is 50.2 Å². The molecule has 2 heterocycles. The Morgan fingerprint density at radius 3 is 2.39 bits per heavy atom. The number of para-hydroxylation sites is 1. The molecule has 0 amide bonds. The van der Waals surface area contributed by atoms with E-state index in [4.69, 9.17) is 5.73 Å². The maximum absolute atomic E-state index is 6.53. The highest BCUT2D eigenvalue weighted by Crippen LogP contribution is 2.30. The van der Waals surface area contributed by atoms with Crippen LogP contribution < -0.4 is 10.6 Å². The summed E-state index contributed by atoms with van der Waals surface area (Å²) in [6.45, 7) is 5.36. The highest BCUT2D eigenvalue weighted by molar-refractivity contribution is 5.54. The Balaban J connectivity index is 1.46. The van der Waals surface area contributed by atoms with Gasteiger partial charge in [0.15, 0.2) is 0 Å². The Hall–Kier alpha value is -1.88. The molecule has 2 aliphatic rings. The molecule has 2 atom stereocenters. The summed E-state index contributed by atoms with van der Waals surface area (Å²) in [4.78, 5) is 7.49. The first kappa shape index (κ1) is 19.4. The normalized spacial score (nSPS) is 24.5. The second-order valence-corrected chi connectivity index (χ2v) is 8.65. The van der Waals surface area contributed by atoms with E-state index in [1.807, 2.05) is 0 Å². The van der Waals surface area contributed by atoms with Crippen LogP contribution in [0.25, 0.3) is 0 Å². The number of rotatable bonds is 5. The van der Waals surface area contributed by atoms with Crippen molar-refractivity contribution in [2.75, 3.05) is 45.2 Å². The van der Waals surface area contributed by atoms with E-state index in [0.29, 0.717) is 12.0 Å². The zero-order chi connectivity index (χ0) is 19.5. The van der Waals surface area contributed by atoms with Gasteiger partial charge in [0, 0.05) is 50.4 Å². The van der Waals surface area contributed by atoms with Gasteiger partial charge in [-0.2, -0.15) is 0 Å². The quantitative estimate of drug-likeness (QED) is 0.867. The molecule has 0 spiro atoms. The van der Waals surface area contributed by atoms with Crippen molar-refractivity contribution in [2.45, 2.75) is 37.4 Å². The van der Waals surface area contributed by atoms with E-state index in [1.165, 1.54) is 42.7 Å². The van der Waals surface area contributed by atoms with Crippen LogP contribution in [0.4, 0.5) is 5.69 Å². The maximum atomic E-state index is 6.53. The third kappa shape index (κ3) is 4.24. The van der Waals surface area contributed by atoms with Crippen LogP contribution in [0.1, 0.15) is 29.9 Å². The van der Waals surface area contributed by atoms with Gasteiger partial charge in [-0.15, -0.1) is 0 Å². The molecule has 2 aromatic carbocycles. The number of anilines is 1. The third-order valence-electron chi connectivity index (χ3n) is 6.67. The van der Waals surface area contributed by atoms with E-state index >= 15 is 0 Å². The first-order valence-corrected chi connectivity index (χ1v) is 10.6. The van der Waals surface area contributed by atoms with Crippen molar-refractivity contribution in [1.29, 1.82) is 0 Å². The molecule has 4 heteroatoms. The van der Waals surface area contributed by atoms with E-state index in [1.54, 1.807) is 0 Å². The highest BCUT2D eigenvalue weighted by Gasteiger charge is 2.31. The summed E-state index contributed by atoms with van der Waals surface area (Å²) in [5, 5.41) is 0. The molecule has 0 radical (unpaired) electrons. The summed E-state index contributed by atoms with van der Waals surface area (Å²) >= 11 is 0. The number of piperidine rings is 1. The second kappa shape index (κ2) is 8.64. The van der Waals surface area contributed by atoms with Crippen LogP contribution in [-0.2, 0) is 6.54 Å². The van der Waals surface area contributed by atoms with Crippen LogP contribution in [-0.4, -0.2) is 62.2 Å². The number of likely N-dealkylation sites (tertiary alicyclic amines) is 2. The molecule has 0 aromatic heterocycles. The monoisotopic (exact) mass is 378 g/mol. The molecule has 0 aliphatic carbocycles. The van der Waals surface area contributed by atoms with Gasteiger partial charge >= 0.3 is 0 Å². The Kier molecular flexibility index (Phi) is 6.00. The van der Waals surface area contributed by atoms with Gasteiger partial charge in [-0.25, -0.2) is 0 Å². The van der Waals surface area contributed by atoms with Crippen LogP contribution in [0.15, 0.2) is 54.6 Å². The minimum absolute atomic E-state index is 0.209. The van der Waals surface area contributed by atoms with Crippen molar-refractivity contribution in [1.82, 2.24) is 9.80 Å². The Bertz CT molecular complexity index is 754. The van der Waals surface area contributed by atoms with Gasteiger partial charge in [0.1, 0.15) is 0 Å². The average molecular weight is 379 g/mol. The maximum Gasteiger partial charge on any atom is 0.0411 e. The molecule has 28 heavy (non-hydrogen) atoms. The molecular weight excluding hydrogens is 344 g/mol. The molecule has 150 valence electrons. The summed E-state index contributed by atoms with van der Waals surface area (Å²) in [6.07, 6.45) is 2.48. The average Bonchev–Trinajstić information content (AvgIpc) is 3.09. The molecule has 0 unspecified atom stereocenters. The van der Waals surface area contributed by atoms with E-state index in [9.17, 15) is 0 Å². The van der Waals surface area contributed by atoms with Gasteiger partial charge in [-0.1, -0.05) is 48.5 Å². The molecule has 2 aliphatic heterocycles. The lowest BCUT2D eigenvalue weighted by Gasteiger charge is -2.37. The fraction of sp³-hybridized carbons (Fsp3) is 0.500. The van der Waals surface area contributed by atoms with Crippen LogP contribution in [0, 0.1) is 0 Å². The van der Waals surface area contributed by atoms with E-state index in [0.717, 1.165) is 19.6 Å². The summed E-state index contributed by atoms with van der Waals surface area (Å²) in [7, 11) is 4.50. The summed E-state index contributed by atoms with van der Waals surface area (Å²) in [5.41, 5.74) is 10.7. The van der Waals surface area contributed by atoms with Crippen molar-refractivity contribution in [3.05, 3.63) is 65.7 Å². The zero-order valence-electron chi connectivity index (χ0n) is 17.3. The Morgan fingerprint density at radius 2 is 1.64 bits per heavy atom. The molecule has 2 saturated heterocycles. The van der Waals surface area contributed by atoms with Crippen molar-refractivity contribution < 1.29 is 0 Å². The topological polar surface area (TPSA) is 35.7 Å². The standard InChI is InChI=1S/C24H34N4/c1-26-14-12-21(13-15-26)27(2)24-11-7-6-10-20(24)16-28-17-22(23(25)18-28)19-8-4-3-5-9-19/h3-11,21-23H,12-18,25H2,1-2H3/t22-,23+/m0/s1. The highest BCUT2D eigenvalue weighted by atomic mass is 15.2. The fourth-order valence-electron chi connectivity index (χ4n) is 4.90. The number of hydrogen-bond donors (Lipinski definition) is 1. The Labute approximate surface area is 169 Å². The molecule has 2 fully saturated rings. The van der Waals surface area contributed by atoms with Gasteiger partial charge < -0.3 is 15.5 Å². The van der Waals surface area contributed by atoms with Crippen LogP contribution >= 0.6 is 0 Å². The predicted molar refractivity (Wildman–Crippen MR) is 118 cm³/mol. The van der Waals surface area contributed by atoms with E-state index in [2.05, 4.69) is 83.4 Å². The SMILES string of the molecule is CN1CCC(N(C)c2ccccc2CN2C[C@@H](N)[C@H](c3ccccc3)C2)CC1. The number of nitrogens with two attached hydrogens (primary N) is 1. The van der Waals surface area contributed by atoms with Crippen LogP contribution in [0.3, 0.4) is 0 Å². The first-order valence-electron chi connectivity index (χ1n) is 10.6. The summed E-state index contributed by atoms with van der Waals surface area (Å²) in [5.74, 6) is 0.431. The van der Waals surface area contributed by atoms with Gasteiger partial charge in [0.25, 0.3) is 0 Å². The van der Waals surface area contributed by atoms with E-state index in [-0.39, 0.29) is 6.04 Å². The lowest BCUT2D eigenvalue weighted by atomic mass is 9.95. The van der Waals surface area contributed by atoms with Crippen LogP contribution in [0.5, 0.6) is 0 Å². The summed E-state index contributed by atoms with van der Waals surface area (Å²) < 4.78 is 0. The minimum atomic E-state index is 0.209. The third-order valence-corrected chi connectivity index (χ3v) is 6.67. The molecule has 2 N–H and O–H groups in total. The largest absolute Gasteiger partial charge is 0.371 e. The fourth-order valence-corrected chi connectivity index (χ4v) is 4.90. The van der Waals surface area contributed by atoms with Gasteiger partial charge in [0.05, 0.1) is 0 Å². The van der Waals surface area contributed by atoms with Crippen LogP contribution in [0.2, 0.25) is 0 Å². The molecule has 0 saturated carbocycles. The Morgan fingerprint density at radius 1 is 0.964 bits per heavy atom. The molecule has 0 bridgehead atoms. The number of hydrogen-bond acceptors (Lipinski definition) is 4. The molecular formula is C24H34N4. The molecule has 4 nitrogen and oxygen atoms in total. The minimum Gasteiger partial charge on any atom is -0.371 e. The number of nitrogens with zero attached hydrogens (tertiary/aromatic N) is 3. The lowest BCUT2D eigenvalue weighted by Crippen LogP contribution is -2.42. The van der Waals surface area contributed by atoms with E-state index < -0.39 is 0 Å². The zero-order valence-corrected chi connectivity index (χ0v) is 17.3. The van der Waals surface area contributed by atoms with Crippen molar-refractivity contribution >= 4 is 5.69 Å². The summed E-state index contributed by atoms with van der Waals surface area (Å²) in [6, 6.07) is 20.5. The smallest absolute Gasteiger partial charge is 0.0411 e. The number of benzene rings is 2. The predicted octanol–water partition coefficient (Wildman–Crippen LogP) is 3.14. The van der Waals surface area contributed by atoms with Crippen molar-refractivity contribution in [2.24, 2.45) is 5.73 Å². The van der Waals surface area contributed by atoms with Crippen molar-refractivity contribution in [3.63, 3.8) is 0 Å².